The molecule has 9 nitrogen and oxygen atoms in total. The van der Waals surface area contributed by atoms with Crippen molar-refractivity contribution in [2.75, 3.05) is 0 Å². The van der Waals surface area contributed by atoms with E-state index in [1.807, 2.05) is 126 Å². The van der Waals surface area contributed by atoms with Crippen molar-refractivity contribution in [2.45, 2.75) is 63.8 Å². The molecule has 2 aliphatic heterocycles. The van der Waals surface area contributed by atoms with Gasteiger partial charge in [0, 0.05) is 45.5 Å². The predicted octanol–water partition coefficient (Wildman–Crippen LogP) is 10.5. The molecule has 261 valence electrons. The smallest absolute Gasteiger partial charge is 0.357 e. The van der Waals surface area contributed by atoms with E-state index in [1.54, 1.807) is 6.20 Å². The minimum absolute atomic E-state index is 0. The fraction of sp³-hybridized carbons (Fsp3) is 0.225. The molecule has 0 atom stereocenters. The molecule has 9 rings (SSSR count). The Balaban J connectivity index is 0.000000827. The van der Waals surface area contributed by atoms with E-state index in [1.165, 1.54) is 0 Å². The van der Waals surface area contributed by atoms with Gasteiger partial charge in [-0.1, -0.05) is 137 Å². The van der Waals surface area contributed by atoms with Crippen LogP contribution in [0.3, 0.4) is 0 Å². The maximum Gasteiger partial charge on any atom is 2.00 e. The van der Waals surface area contributed by atoms with Crippen molar-refractivity contribution >= 4 is 44.1 Å². The molecule has 3 aromatic carbocycles. The van der Waals surface area contributed by atoms with E-state index < -0.39 is 0 Å². The SMILES string of the molecule is C.C.C.CC.CC.CC.[Cu+2].c1ccc2c(c1)-c1nc-2nc2[n-]c(nc3nc(nc4[n-]c(n1)c1ccccc41)-c1cccnc1-3)c1ccccc21. The average Bonchev–Trinajstić information content (AvgIpc) is 3.87. The molecule has 0 spiro atoms. The van der Waals surface area contributed by atoms with Crippen molar-refractivity contribution in [1.29, 1.82) is 0 Å². The molecule has 1 radical (unpaired) electrons. The molecule has 4 aromatic heterocycles. The van der Waals surface area contributed by atoms with E-state index in [4.69, 9.17) is 39.9 Å². The summed E-state index contributed by atoms with van der Waals surface area (Å²) in [7, 11) is 0. The Bertz CT molecular complexity index is 2040. The second kappa shape index (κ2) is 17.9. The topological polar surface area (TPSA) is 118 Å². The number of hydrogen-bond donors (Lipinski definition) is 0. The van der Waals surface area contributed by atoms with Gasteiger partial charge in [0.2, 0.25) is 0 Å². The van der Waals surface area contributed by atoms with Crippen LogP contribution in [0.25, 0.3) is 89.8 Å². The molecule has 0 saturated heterocycles. The molecule has 0 aliphatic carbocycles. The standard InChI is InChI=1S/C31H15N9.3C2H6.3CH4.Cu/c1-2-9-17-16(8-1)24-33-25(17)35-27-20-12-5-6-13-21(20)29(37-27)39-31-23-22(14-7-15-32-23)30(40-31)38-28-19-11-4-3-10-18(19)26(34-24)36-28;3*1-2;;;;/h1-15H;3*1-2H3;3*1H4;/q-2;;;;;;;+2. The zero-order valence-electron chi connectivity index (χ0n) is 27.0. The first kappa shape index (κ1) is 40.9. The van der Waals surface area contributed by atoms with Crippen LogP contribution in [0.1, 0.15) is 63.8 Å². The summed E-state index contributed by atoms with van der Waals surface area (Å²) in [5.41, 5.74) is 5.30. The summed E-state index contributed by atoms with van der Waals surface area (Å²) in [6, 6.07) is 27.5. The van der Waals surface area contributed by atoms with Gasteiger partial charge >= 0.3 is 17.1 Å². The number of hydrogen-bond acceptors (Lipinski definition) is 7. The molecule has 50 heavy (non-hydrogen) atoms. The first-order valence-corrected chi connectivity index (χ1v) is 15.7. The Morgan fingerprint density at radius 2 is 0.700 bits per heavy atom. The van der Waals surface area contributed by atoms with Crippen molar-refractivity contribution in [3.63, 3.8) is 0 Å². The molecule has 0 amide bonds. The minimum atomic E-state index is 0. The normalized spacial score (nSPS) is 9.96. The van der Waals surface area contributed by atoms with E-state index in [0.29, 0.717) is 51.6 Å². The quantitative estimate of drug-likeness (QED) is 0.141. The Labute approximate surface area is 305 Å². The van der Waals surface area contributed by atoms with Gasteiger partial charge < -0.3 is 29.9 Å². The zero-order chi connectivity index (χ0) is 32.2. The third-order valence-electron chi connectivity index (χ3n) is 7.18. The number of nitrogens with zero attached hydrogens (tertiary/aromatic N) is 9. The maximum absolute atomic E-state index is 4.94. The monoisotopic (exact) mass is 714 g/mol. The summed E-state index contributed by atoms with van der Waals surface area (Å²) in [4.78, 5) is 43.6. The van der Waals surface area contributed by atoms with Crippen LogP contribution in [0.4, 0.5) is 0 Å². The van der Waals surface area contributed by atoms with Crippen LogP contribution in [0, 0.1) is 0 Å². The minimum Gasteiger partial charge on any atom is -0.357 e. The molecule has 2 aliphatic rings. The second-order valence-electron chi connectivity index (χ2n) is 9.52. The van der Waals surface area contributed by atoms with Crippen LogP contribution >= 0.6 is 0 Å². The van der Waals surface area contributed by atoms with E-state index in [9.17, 15) is 0 Å². The van der Waals surface area contributed by atoms with Crippen LogP contribution in [-0.2, 0) is 17.1 Å². The van der Waals surface area contributed by atoms with Gasteiger partial charge in [-0.05, 0) is 33.7 Å². The molecule has 0 unspecified atom stereocenters. The van der Waals surface area contributed by atoms with Crippen molar-refractivity contribution in [3.05, 3.63) is 91.1 Å². The van der Waals surface area contributed by atoms with Crippen LogP contribution in [0.2, 0.25) is 0 Å². The first-order chi connectivity index (χ1) is 22.8. The molecular formula is C40H45CuN9. The van der Waals surface area contributed by atoms with Crippen molar-refractivity contribution in [3.8, 4) is 45.7 Å². The molecule has 8 bridgehead atoms. The van der Waals surface area contributed by atoms with Gasteiger partial charge in [0.15, 0.2) is 0 Å². The first-order valence-electron chi connectivity index (χ1n) is 15.7. The maximum atomic E-state index is 4.94. The number of benzene rings is 3. The van der Waals surface area contributed by atoms with Gasteiger partial charge in [-0.2, -0.15) is 0 Å². The Morgan fingerprint density at radius 3 is 1.12 bits per heavy atom. The predicted molar refractivity (Wildman–Crippen MR) is 206 cm³/mol. The van der Waals surface area contributed by atoms with E-state index >= 15 is 0 Å². The molecular weight excluding hydrogens is 670 g/mol. The van der Waals surface area contributed by atoms with Gasteiger partial charge in [0.25, 0.3) is 0 Å². The van der Waals surface area contributed by atoms with Crippen LogP contribution in [0.15, 0.2) is 91.1 Å². The molecule has 7 aromatic rings. The third-order valence-corrected chi connectivity index (χ3v) is 7.18. The Hall–Kier alpha value is -5.31. The molecule has 6 heterocycles. The van der Waals surface area contributed by atoms with Crippen LogP contribution in [-0.4, -0.2) is 34.9 Å². The number of pyridine rings is 1. The number of aromatic nitrogens is 9. The van der Waals surface area contributed by atoms with Crippen molar-refractivity contribution in [2.24, 2.45) is 0 Å². The molecule has 0 saturated carbocycles. The van der Waals surface area contributed by atoms with Gasteiger partial charge in [0.1, 0.15) is 11.5 Å². The molecule has 0 fully saturated rings. The second-order valence-corrected chi connectivity index (χ2v) is 9.52. The van der Waals surface area contributed by atoms with E-state index in [0.717, 1.165) is 38.2 Å². The third kappa shape index (κ3) is 7.04. The Morgan fingerprint density at radius 1 is 0.380 bits per heavy atom. The van der Waals surface area contributed by atoms with E-state index in [2.05, 4.69) is 4.98 Å². The van der Waals surface area contributed by atoms with E-state index in [-0.39, 0.29) is 39.3 Å². The summed E-state index contributed by atoms with van der Waals surface area (Å²) in [5.74, 6) is 2.01. The van der Waals surface area contributed by atoms with Gasteiger partial charge in [-0.25, -0.2) is 9.97 Å². The van der Waals surface area contributed by atoms with Crippen molar-refractivity contribution in [1.82, 2.24) is 44.9 Å². The largest absolute Gasteiger partial charge is 2.00 e. The number of rotatable bonds is 0. The summed E-state index contributed by atoms with van der Waals surface area (Å²) in [6.07, 6.45) is 1.73. The molecule has 0 N–H and O–H groups in total. The average molecular weight is 715 g/mol. The summed E-state index contributed by atoms with van der Waals surface area (Å²) in [5, 5.41) is 3.49. The summed E-state index contributed by atoms with van der Waals surface area (Å²) in [6.45, 7) is 12.0. The zero-order valence-corrected chi connectivity index (χ0v) is 27.9. The summed E-state index contributed by atoms with van der Waals surface area (Å²) >= 11 is 0. The Kier molecular flexibility index (Phi) is 14.6. The van der Waals surface area contributed by atoms with Crippen LogP contribution < -0.4 is 9.97 Å². The fourth-order valence-electron chi connectivity index (χ4n) is 5.33. The van der Waals surface area contributed by atoms with Crippen molar-refractivity contribution < 1.29 is 17.1 Å². The number of fused-ring (bicyclic) bond motifs is 20. The van der Waals surface area contributed by atoms with Gasteiger partial charge in [-0.15, -0.1) is 0 Å². The van der Waals surface area contributed by atoms with Gasteiger partial charge in [-0.3, -0.25) is 4.98 Å². The molecule has 10 heteroatoms. The van der Waals surface area contributed by atoms with Crippen LogP contribution in [0.5, 0.6) is 0 Å². The fourth-order valence-corrected chi connectivity index (χ4v) is 5.33. The summed E-state index contributed by atoms with van der Waals surface area (Å²) < 4.78 is 0. The van der Waals surface area contributed by atoms with Gasteiger partial charge in [0.05, 0.1) is 17.5 Å².